The minimum absolute atomic E-state index is 0.114. The molecule has 0 aliphatic carbocycles. The maximum absolute atomic E-state index is 12.7. The van der Waals surface area contributed by atoms with Crippen LogP contribution in [0, 0.1) is 12.8 Å². The Balaban J connectivity index is 1.75. The van der Waals surface area contributed by atoms with Crippen molar-refractivity contribution < 1.29 is 14.3 Å². The number of rotatable bonds is 7. The van der Waals surface area contributed by atoms with Crippen LogP contribution in [0.2, 0.25) is 0 Å². The second-order valence-corrected chi connectivity index (χ2v) is 7.70. The Bertz CT molecular complexity index is 1100. The summed E-state index contributed by atoms with van der Waals surface area (Å²) in [5.74, 6) is -0.138. The standard InChI is InChI=1S/C25H27N3O3/c1-16(2)23(27-24(29)19-11-9-17(3)10-12-19)25(30)28-26-15-21-20-8-6-5-7-18(20)13-14-22(21)31-4/h5-16,23H,1-4H3,(H,27,29)(H,28,30). The molecule has 3 rings (SSSR count). The molecule has 2 N–H and O–H groups in total. The summed E-state index contributed by atoms with van der Waals surface area (Å²) in [5, 5.41) is 8.95. The van der Waals surface area contributed by atoms with Crippen LogP contribution in [0.15, 0.2) is 65.8 Å². The summed E-state index contributed by atoms with van der Waals surface area (Å²) in [4.78, 5) is 25.3. The lowest BCUT2D eigenvalue weighted by molar-refractivity contribution is -0.123. The molecule has 6 nitrogen and oxygen atoms in total. The summed E-state index contributed by atoms with van der Waals surface area (Å²) >= 11 is 0. The minimum Gasteiger partial charge on any atom is -0.496 e. The second-order valence-electron chi connectivity index (χ2n) is 7.70. The van der Waals surface area contributed by atoms with Crippen LogP contribution in [0.5, 0.6) is 5.75 Å². The van der Waals surface area contributed by atoms with Gasteiger partial charge in [-0.2, -0.15) is 5.10 Å². The molecule has 3 aromatic carbocycles. The second kappa shape index (κ2) is 9.89. The lowest BCUT2D eigenvalue weighted by atomic mass is 10.0. The van der Waals surface area contributed by atoms with Crippen molar-refractivity contribution in [3.63, 3.8) is 0 Å². The van der Waals surface area contributed by atoms with E-state index in [0.717, 1.165) is 21.9 Å². The number of benzene rings is 3. The fourth-order valence-corrected chi connectivity index (χ4v) is 3.28. The maximum atomic E-state index is 12.7. The molecule has 0 bridgehead atoms. The van der Waals surface area contributed by atoms with Crippen molar-refractivity contribution in [2.45, 2.75) is 26.8 Å². The van der Waals surface area contributed by atoms with Crippen LogP contribution in [0.25, 0.3) is 10.8 Å². The number of carbonyl (C=O) groups is 2. The van der Waals surface area contributed by atoms with E-state index in [4.69, 9.17) is 4.74 Å². The fourth-order valence-electron chi connectivity index (χ4n) is 3.28. The van der Waals surface area contributed by atoms with Crippen LogP contribution in [0.3, 0.4) is 0 Å². The summed E-state index contributed by atoms with van der Waals surface area (Å²) in [5.41, 5.74) is 4.89. The van der Waals surface area contributed by atoms with E-state index in [2.05, 4.69) is 15.8 Å². The van der Waals surface area contributed by atoms with Crippen molar-refractivity contribution in [1.82, 2.24) is 10.7 Å². The topological polar surface area (TPSA) is 79.8 Å². The third kappa shape index (κ3) is 5.28. The number of hydrogen-bond acceptors (Lipinski definition) is 4. The Kier molecular flexibility index (Phi) is 7.03. The highest BCUT2D eigenvalue weighted by Crippen LogP contribution is 2.26. The maximum Gasteiger partial charge on any atom is 0.262 e. The highest BCUT2D eigenvalue weighted by molar-refractivity contribution is 6.03. The van der Waals surface area contributed by atoms with Gasteiger partial charge in [-0.3, -0.25) is 9.59 Å². The van der Waals surface area contributed by atoms with Crippen LogP contribution in [0.4, 0.5) is 0 Å². The van der Waals surface area contributed by atoms with Gasteiger partial charge in [0.05, 0.1) is 13.3 Å². The van der Waals surface area contributed by atoms with Crippen molar-refractivity contribution in [2.24, 2.45) is 11.0 Å². The molecule has 1 unspecified atom stereocenters. The van der Waals surface area contributed by atoms with E-state index >= 15 is 0 Å². The lowest BCUT2D eigenvalue weighted by Gasteiger charge is -2.20. The molecule has 0 spiro atoms. The van der Waals surface area contributed by atoms with Gasteiger partial charge in [-0.1, -0.05) is 61.9 Å². The van der Waals surface area contributed by atoms with Gasteiger partial charge in [0.1, 0.15) is 11.8 Å². The number of aryl methyl sites for hydroxylation is 1. The van der Waals surface area contributed by atoms with E-state index in [0.29, 0.717) is 11.3 Å². The van der Waals surface area contributed by atoms with E-state index in [9.17, 15) is 9.59 Å². The van der Waals surface area contributed by atoms with E-state index in [-0.39, 0.29) is 17.7 Å². The summed E-state index contributed by atoms with van der Waals surface area (Å²) in [6.07, 6.45) is 1.57. The Morgan fingerprint density at radius 1 is 1.00 bits per heavy atom. The van der Waals surface area contributed by atoms with Crippen LogP contribution >= 0.6 is 0 Å². The molecule has 0 fully saturated rings. The number of carbonyl (C=O) groups excluding carboxylic acids is 2. The van der Waals surface area contributed by atoms with Crippen molar-refractivity contribution >= 4 is 28.8 Å². The Labute approximate surface area is 182 Å². The molecule has 1 atom stereocenters. The zero-order chi connectivity index (χ0) is 22.4. The van der Waals surface area contributed by atoms with Crippen LogP contribution in [-0.2, 0) is 4.79 Å². The Hall–Kier alpha value is -3.67. The van der Waals surface area contributed by atoms with Gasteiger partial charge in [0.2, 0.25) is 0 Å². The van der Waals surface area contributed by atoms with Gasteiger partial charge >= 0.3 is 0 Å². The average Bonchev–Trinajstić information content (AvgIpc) is 2.77. The number of methoxy groups -OCH3 is 1. The number of nitrogens with zero attached hydrogens (tertiary/aromatic N) is 1. The fraction of sp³-hybridized carbons (Fsp3) is 0.240. The molecule has 6 heteroatoms. The molecule has 2 amide bonds. The first-order valence-corrected chi connectivity index (χ1v) is 10.2. The minimum atomic E-state index is -0.722. The van der Waals surface area contributed by atoms with Crippen molar-refractivity contribution in [2.75, 3.05) is 7.11 Å². The third-order valence-electron chi connectivity index (χ3n) is 5.07. The summed E-state index contributed by atoms with van der Waals surface area (Å²) < 4.78 is 5.45. The van der Waals surface area contributed by atoms with Gasteiger partial charge in [0.25, 0.3) is 11.8 Å². The normalized spacial score (nSPS) is 12.2. The van der Waals surface area contributed by atoms with Crippen LogP contribution in [-0.4, -0.2) is 31.2 Å². The van der Waals surface area contributed by atoms with E-state index in [1.54, 1.807) is 25.5 Å². The number of amides is 2. The largest absolute Gasteiger partial charge is 0.496 e. The molecule has 31 heavy (non-hydrogen) atoms. The molecule has 0 saturated carbocycles. The van der Waals surface area contributed by atoms with Gasteiger partial charge < -0.3 is 10.1 Å². The van der Waals surface area contributed by atoms with Crippen molar-refractivity contribution in [3.8, 4) is 5.75 Å². The van der Waals surface area contributed by atoms with Crippen molar-refractivity contribution in [1.29, 1.82) is 0 Å². The Morgan fingerprint density at radius 3 is 2.39 bits per heavy atom. The van der Waals surface area contributed by atoms with Gasteiger partial charge in [-0.05, 0) is 41.8 Å². The Morgan fingerprint density at radius 2 is 1.71 bits per heavy atom. The first-order chi connectivity index (χ1) is 14.9. The SMILES string of the molecule is COc1ccc2ccccc2c1C=NNC(=O)C(NC(=O)c1ccc(C)cc1)C(C)C. The number of fused-ring (bicyclic) bond motifs is 1. The molecule has 0 heterocycles. The summed E-state index contributed by atoms with van der Waals surface area (Å²) in [6, 6.07) is 18.2. The zero-order valence-corrected chi connectivity index (χ0v) is 18.2. The smallest absolute Gasteiger partial charge is 0.262 e. The molecule has 0 radical (unpaired) electrons. The first kappa shape index (κ1) is 22.0. The molecule has 0 saturated heterocycles. The number of hydrogen-bond donors (Lipinski definition) is 2. The number of ether oxygens (including phenoxy) is 1. The van der Waals surface area contributed by atoms with E-state index < -0.39 is 6.04 Å². The molecular formula is C25H27N3O3. The van der Waals surface area contributed by atoms with Gasteiger partial charge in [0.15, 0.2) is 0 Å². The molecule has 160 valence electrons. The number of nitrogens with one attached hydrogen (secondary N) is 2. The van der Waals surface area contributed by atoms with E-state index in [1.807, 2.05) is 69.3 Å². The highest BCUT2D eigenvalue weighted by Gasteiger charge is 2.24. The quantitative estimate of drug-likeness (QED) is 0.449. The molecule has 0 aromatic heterocycles. The predicted molar refractivity (Wildman–Crippen MR) is 124 cm³/mol. The van der Waals surface area contributed by atoms with Gasteiger partial charge in [-0.25, -0.2) is 5.43 Å². The zero-order valence-electron chi connectivity index (χ0n) is 18.2. The van der Waals surface area contributed by atoms with Gasteiger partial charge in [-0.15, -0.1) is 0 Å². The molecule has 3 aromatic rings. The molecular weight excluding hydrogens is 390 g/mol. The highest BCUT2D eigenvalue weighted by atomic mass is 16.5. The number of hydrazone groups is 1. The molecule has 0 aliphatic rings. The van der Waals surface area contributed by atoms with E-state index in [1.165, 1.54) is 0 Å². The predicted octanol–water partition coefficient (Wildman–Crippen LogP) is 4.06. The van der Waals surface area contributed by atoms with Gasteiger partial charge in [0, 0.05) is 11.1 Å². The van der Waals surface area contributed by atoms with Crippen LogP contribution in [0.1, 0.15) is 35.3 Å². The summed E-state index contributed by atoms with van der Waals surface area (Å²) in [7, 11) is 1.59. The lowest BCUT2D eigenvalue weighted by Crippen LogP contribution is -2.48. The third-order valence-corrected chi connectivity index (χ3v) is 5.07. The first-order valence-electron chi connectivity index (χ1n) is 10.2. The summed E-state index contributed by atoms with van der Waals surface area (Å²) in [6.45, 7) is 5.70. The monoisotopic (exact) mass is 417 g/mol. The van der Waals surface area contributed by atoms with Crippen LogP contribution < -0.4 is 15.5 Å². The molecule has 0 aliphatic heterocycles. The van der Waals surface area contributed by atoms with Crippen molar-refractivity contribution in [3.05, 3.63) is 77.4 Å². The average molecular weight is 418 g/mol.